The number of rotatable bonds is 6. The lowest BCUT2D eigenvalue weighted by Crippen LogP contribution is -2.36. The van der Waals surface area contributed by atoms with Crippen LogP contribution in [0.1, 0.15) is 37.4 Å². The van der Waals surface area contributed by atoms with Gasteiger partial charge in [0, 0.05) is 37.3 Å². The van der Waals surface area contributed by atoms with Gasteiger partial charge in [0.05, 0.1) is 21.5 Å². The molecule has 1 aliphatic heterocycles. The zero-order chi connectivity index (χ0) is 24.2. The van der Waals surface area contributed by atoms with Crippen LogP contribution in [0.4, 0.5) is 11.4 Å². The maximum atomic E-state index is 12.7. The van der Waals surface area contributed by atoms with E-state index in [4.69, 9.17) is 0 Å². The lowest BCUT2D eigenvalue weighted by atomic mass is 9.96. The second-order valence-corrected chi connectivity index (χ2v) is 7.88. The van der Waals surface area contributed by atoms with Crippen LogP contribution >= 0.6 is 0 Å². The predicted molar refractivity (Wildman–Crippen MR) is 122 cm³/mol. The quantitative estimate of drug-likeness (QED) is 0.441. The van der Waals surface area contributed by atoms with Crippen molar-refractivity contribution in [3.8, 4) is 0 Å². The number of amides is 2. The van der Waals surface area contributed by atoms with E-state index in [1.54, 1.807) is 17.0 Å². The van der Waals surface area contributed by atoms with E-state index < -0.39 is 27.1 Å². The number of hydrogen-bond acceptors (Lipinski definition) is 6. The molecule has 0 fully saturated rings. The Morgan fingerprint density at radius 1 is 0.853 bits per heavy atom. The highest BCUT2D eigenvalue weighted by atomic mass is 16.6. The molecule has 0 atom stereocenters. The molecule has 10 heteroatoms. The Bertz CT molecular complexity index is 1260. The van der Waals surface area contributed by atoms with Gasteiger partial charge in [-0.2, -0.15) is 0 Å². The highest BCUT2D eigenvalue weighted by Crippen LogP contribution is 2.24. The summed E-state index contributed by atoms with van der Waals surface area (Å²) in [7, 11) is 0. The fourth-order valence-corrected chi connectivity index (χ4v) is 3.87. The highest BCUT2D eigenvalue weighted by molar-refractivity contribution is 5.95. The van der Waals surface area contributed by atoms with Crippen LogP contribution in [0.3, 0.4) is 0 Å². The standard InChI is InChI=1S/C24H20N4O6/c29-23(20-11-21(27(31)32)13-22(12-20)28(33)34)25-14-16-6-7-19-15-26(9-8-18(19)10-16)24(30)17-4-2-1-3-5-17/h1-7,10-13H,8-9,14-15H2,(H,25,29). The highest BCUT2D eigenvalue weighted by Gasteiger charge is 2.23. The summed E-state index contributed by atoms with van der Waals surface area (Å²) in [5.41, 5.74) is 2.36. The minimum atomic E-state index is -0.779. The van der Waals surface area contributed by atoms with Crippen LogP contribution in [0.15, 0.2) is 66.7 Å². The molecule has 1 N–H and O–H groups in total. The molecule has 1 heterocycles. The summed E-state index contributed by atoms with van der Waals surface area (Å²) in [4.78, 5) is 47.5. The summed E-state index contributed by atoms with van der Waals surface area (Å²) in [6, 6.07) is 17.6. The Kier molecular flexibility index (Phi) is 6.30. The number of carbonyl (C=O) groups is 2. The molecule has 0 saturated carbocycles. The first-order valence-electron chi connectivity index (χ1n) is 10.5. The zero-order valence-corrected chi connectivity index (χ0v) is 18.0. The van der Waals surface area contributed by atoms with E-state index in [2.05, 4.69) is 5.32 Å². The van der Waals surface area contributed by atoms with Crippen molar-refractivity contribution in [2.75, 3.05) is 6.54 Å². The topological polar surface area (TPSA) is 136 Å². The van der Waals surface area contributed by atoms with Gasteiger partial charge in [-0.3, -0.25) is 29.8 Å². The van der Waals surface area contributed by atoms with Crippen LogP contribution in [0, 0.1) is 20.2 Å². The van der Waals surface area contributed by atoms with Crippen LogP contribution in [-0.4, -0.2) is 33.1 Å². The number of non-ortho nitro benzene ring substituents is 2. The molecule has 0 unspecified atom stereocenters. The maximum Gasteiger partial charge on any atom is 0.277 e. The number of carbonyl (C=O) groups excluding carboxylic acids is 2. The van der Waals surface area contributed by atoms with Gasteiger partial charge in [0.25, 0.3) is 23.2 Å². The lowest BCUT2D eigenvalue weighted by Gasteiger charge is -2.29. The molecule has 10 nitrogen and oxygen atoms in total. The van der Waals surface area contributed by atoms with Crippen molar-refractivity contribution in [2.24, 2.45) is 0 Å². The first-order chi connectivity index (χ1) is 16.3. The second-order valence-electron chi connectivity index (χ2n) is 7.88. The van der Waals surface area contributed by atoms with E-state index in [9.17, 15) is 29.8 Å². The third-order valence-corrected chi connectivity index (χ3v) is 5.63. The summed E-state index contributed by atoms with van der Waals surface area (Å²) in [5.74, 6) is -0.669. The first-order valence-corrected chi connectivity index (χ1v) is 10.5. The van der Waals surface area contributed by atoms with Gasteiger partial charge in [-0.1, -0.05) is 36.4 Å². The summed E-state index contributed by atoms with van der Waals surface area (Å²) in [6.45, 7) is 1.22. The molecule has 1 aliphatic rings. The largest absolute Gasteiger partial charge is 0.348 e. The Morgan fingerprint density at radius 3 is 2.18 bits per heavy atom. The molecular weight excluding hydrogens is 440 g/mol. The Hall–Kier alpha value is -4.60. The fraction of sp³-hybridized carbons (Fsp3) is 0.167. The summed E-state index contributed by atoms with van der Waals surface area (Å²) in [6.07, 6.45) is 0.673. The van der Waals surface area contributed by atoms with E-state index in [1.807, 2.05) is 36.4 Å². The van der Waals surface area contributed by atoms with Crippen LogP contribution < -0.4 is 5.32 Å². The molecule has 0 saturated heterocycles. The van der Waals surface area contributed by atoms with E-state index in [0.29, 0.717) is 25.1 Å². The van der Waals surface area contributed by atoms with E-state index in [-0.39, 0.29) is 18.0 Å². The minimum absolute atomic E-state index is 0.0198. The molecule has 4 rings (SSSR count). The second kappa shape index (κ2) is 9.49. The van der Waals surface area contributed by atoms with Gasteiger partial charge in [0.2, 0.25) is 0 Å². The molecule has 0 spiro atoms. The molecular formula is C24H20N4O6. The third kappa shape index (κ3) is 4.90. The summed E-state index contributed by atoms with van der Waals surface area (Å²) < 4.78 is 0. The molecule has 0 bridgehead atoms. The molecule has 34 heavy (non-hydrogen) atoms. The molecule has 172 valence electrons. The average Bonchev–Trinajstić information content (AvgIpc) is 2.86. The Balaban J connectivity index is 1.43. The molecule has 3 aromatic rings. The van der Waals surface area contributed by atoms with Crippen LogP contribution in [0.25, 0.3) is 0 Å². The fourth-order valence-electron chi connectivity index (χ4n) is 3.87. The van der Waals surface area contributed by atoms with E-state index in [0.717, 1.165) is 34.9 Å². The van der Waals surface area contributed by atoms with Crippen molar-refractivity contribution in [1.82, 2.24) is 10.2 Å². The molecule has 3 aromatic carbocycles. The van der Waals surface area contributed by atoms with Crippen molar-refractivity contribution in [3.63, 3.8) is 0 Å². The lowest BCUT2D eigenvalue weighted by molar-refractivity contribution is -0.394. The van der Waals surface area contributed by atoms with Gasteiger partial charge in [-0.05, 0) is 35.2 Å². The summed E-state index contributed by atoms with van der Waals surface area (Å²) in [5, 5.41) is 24.7. The number of nitrogens with zero attached hydrogens (tertiary/aromatic N) is 3. The molecule has 0 aromatic heterocycles. The first kappa shape index (κ1) is 22.6. The number of fused-ring (bicyclic) bond motifs is 1. The van der Waals surface area contributed by atoms with Crippen molar-refractivity contribution in [3.05, 3.63) is 115 Å². The van der Waals surface area contributed by atoms with Gasteiger partial charge in [-0.15, -0.1) is 0 Å². The molecule has 2 amide bonds. The number of nitrogens with one attached hydrogen (secondary N) is 1. The number of nitro benzene ring substituents is 2. The Labute approximate surface area is 194 Å². The van der Waals surface area contributed by atoms with Gasteiger partial charge < -0.3 is 10.2 Å². The van der Waals surface area contributed by atoms with Crippen molar-refractivity contribution >= 4 is 23.2 Å². The number of benzene rings is 3. The molecule has 0 radical (unpaired) electrons. The van der Waals surface area contributed by atoms with Gasteiger partial charge in [-0.25, -0.2) is 0 Å². The zero-order valence-electron chi connectivity index (χ0n) is 18.0. The smallest absolute Gasteiger partial charge is 0.277 e. The Morgan fingerprint density at radius 2 is 1.53 bits per heavy atom. The SMILES string of the molecule is O=C(NCc1ccc2c(c1)CCN(C(=O)c1ccccc1)C2)c1cc([N+](=O)[O-])cc([N+](=O)[O-])c1. The van der Waals surface area contributed by atoms with Gasteiger partial charge in [0.1, 0.15) is 0 Å². The van der Waals surface area contributed by atoms with E-state index in [1.165, 1.54) is 0 Å². The van der Waals surface area contributed by atoms with Crippen molar-refractivity contribution < 1.29 is 19.4 Å². The molecule has 0 aliphatic carbocycles. The predicted octanol–water partition coefficient (Wildman–Crippen LogP) is 3.63. The van der Waals surface area contributed by atoms with E-state index >= 15 is 0 Å². The minimum Gasteiger partial charge on any atom is -0.348 e. The number of hydrogen-bond donors (Lipinski definition) is 1. The third-order valence-electron chi connectivity index (χ3n) is 5.63. The van der Waals surface area contributed by atoms with Crippen LogP contribution in [0.5, 0.6) is 0 Å². The summed E-state index contributed by atoms with van der Waals surface area (Å²) >= 11 is 0. The monoisotopic (exact) mass is 460 g/mol. The van der Waals surface area contributed by atoms with Crippen LogP contribution in [0.2, 0.25) is 0 Å². The van der Waals surface area contributed by atoms with Gasteiger partial charge in [0.15, 0.2) is 0 Å². The number of nitro groups is 2. The van der Waals surface area contributed by atoms with Crippen molar-refractivity contribution in [2.45, 2.75) is 19.5 Å². The van der Waals surface area contributed by atoms with Gasteiger partial charge >= 0.3 is 0 Å². The normalized spacial score (nSPS) is 12.5. The average molecular weight is 460 g/mol. The van der Waals surface area contributed by atoms with Crippen LogP contribution in [-0.2, 0) is 19.5 Å². The van der Waals surface area contributed by atoms with Crippen molar-refractivity contribution in [1.29, 1.82) is 0 Å². The maximum absolute atomic E-state index is 12.7.